The van der Waals surface area contributed by atoms with E-state index in [9.17, 15) is 24.3 Å². The summed E-state index contributed by atoms with van der Waals surface area (Å²) in [5.41, 5.74) is 11.2. The van der Waals surface area contributed by atoms with E-state index in [1.54, 1.807) is 4.68 Å². The van der Waals surface area contributed by atoms with Gasteiger partial charge in [0.2, 0.25) is 22.8 Å². The number of fused-ring (bicyclic) bond motifs is 1. The van der Waals surface area contributed by atoms with Crippen molar-refractivity contribution in [1.82, 2.24) is 39.8 Å². The van der Waals surface area contributed by atoms with E-state index in [0.29, 0.717) is 36.7 Å². The molecular formula is C23H31N11O7S3. The van der Waals surface area contributed by atoms with Gasteiger partial charge in [-0.25, -0.2) is 14.3 Å². The molecule has 0 aromatic carbocycles. The first-order valence-electron chi connectivity index (χ1n) is 13.5. The number of hydrogen-bond acceptors (Lipinski definition) is 17. The van der Waals surface area contributed by atoms with E-state index in [1.807, 2.05) is 6.92 Å². The van der Waals surface area contributed by atoms with Gasteiger partial charge >= 0.3 is 11.9 Å². The fraction of sp³-hybridized carbons (Fsp3) is 0.565. The highest BCUT2D eigenvalue weighted by Gasteiger charge is 2.54. The van der Waals surface area contributed by atoms with E-state index in [4.69, 9.17) is 21.0 Å². The van der Waals surface area contributed by atoms with Crippen molar-refractivity contribution < 1.29 is 33.9 Å². The lowest BCUT2D eigenvalue weighted by molar-refractivity contribution is -0.156. The molecule has 2 unspecified atom stereocenters. The number of β-lactam (4-membered cyclic amide) rings is 1. The van der Waals surface area contributed by atoms with Gasteiger partial charge in [0.1, 0.15) is 17.1 Å². The smallest absolute Gasteiger partial charge is 0.352 e. The maximum atomic E-state index is 13.3. The van der Waals surface area contributed by atoms with Gasteiger partial charge in [0.15, 0.2) is 5.13 Å². The number of esters is 1. The summed E-state index contributed by atoms with van der Waals surface area (Å²) in [6, 6.07) is -1.07. The van der Waals surface area contributed by atoms with Gasteiger partial charge in [0, 0.05) is 29.6 Å². The number of anilines is 1. The monoisotopic (exact) mass is 669 g/mol. The molecule has 2 amide bonds. The predicted molar refractivity (Wildman–Crippen MR) is 159 cm³/mol. The number of unbranched alkanes of at least 4 members (excludes halogenated alkanes) is 1. The summed E-state index contributed by atoms with van der Waals surface area (Å²) in [5, 5.41) is 27.8. The topological polar surface area (TPSA) is 256 Å². The Balaban J connectivity index is 1.45. The Morgan fingerprint density at radius 2 is 2.11 bits per heavy atom. The number of oxime groups is 1. The molecule has 2 aliphatic heterocycles. The number of nitrogens with one attached hydrogen (secondary N) is 1. The molecule has 21 heteroatoms. The van der Waals surface area contributed by atoms with Crippen LogP contribution in [0.4, 0.5) is 5.13 Å². The number of tetrazole rings is 1. The number of thioether (sulfide) groups is 2. The summed E-state index contributed by atoms with van der Waals surface area (Å²) in [6.45, 7) is 4.54. The molecule has 0 radical (unpaired) electrons. The number of aliphatic carboxylic acids is 1. The normalized spacial score (nSPS) is 18.8. The van der Waals surface area contributed by atoms with Gasteiger partial charge in [-0.3, -0.25) is 14.5 Å². The zero-order valence-electron chi connectivity index (χ0n) is 23.7. The van der Waals surface area contributed by atoms with Gasteiger partial charge in [0.25, 0.3) is 11.8 Å². The van der Waals surface area contributed by atoms with Crippen molar-refractivity contribution in [2.24, 2.45) is 10.9 Å². The number of carbonyl (C=O) groups excluding carboxylic acids is 3. The largest absolute Gasteiger partial charge is 0.477 e. The Kier molecular flexibility index (Phi) is 11.5. The number of amides is 2. The first-order chi connectivity index (χ1) is 21.2. The van der Waals surface area contributed by atoms with Crippen LogP contribution in [-0.4, -0.2) is 111 Å². The minimum atomic E-state index is -1.27. The molecule has 3 atom stereocenters. The average molecular weight is 670 g/mol. The van der Waals surface area contributed by atoms with Gasteiger partial charge < -0.3 is 31.5 Å². The van der Waals surface area contributed by atoms with Crippen LogP contribution in [0.15, 0.2) is 21.6 Å². The van der Waals surface area contributed by atoms with Gasteiger partial charge in [-0.05, 0) is 42.3 Å². The Bertz CT molecular complexity index is 1450. The Morgan fingerprint density at radius 1 is 1.32 bits per heavy atom. The highest BCUT2D eigenvalue weighted by molar-refractivity contribution is 8.01. The van der Waals surface area contributed by atoms with Crippen molar-refractivity contribution >= 4 is 69.7 Å². The molecule has 0 bridgehead atoms. The van der Waals surface area contributed by atoms with Crippen LogP contribution in [0.2, 0.25) is 0 Å². The Labute approximate surface area is 263 Å². The molecule has 238 valence electrons. The van der Waals surface area contributed by atoms with Gasteiger partial charge in [0.05, 0.1) is 6.61 Å². The summed E-state index contributed by atoms with van der Waals surface area (Å²) in [5.74, 6) is -3.10. The molecule has 18 nitrogen and oxygen atoms in total. The lowest BCUT2D eigenvalue weighted by atomic mass is 10.0. The first-order valence-corrected chi connectivity index (χ1v) is 16.3. The third-order valence-corrected chi connectivity index (χ3v) is 9.16. The second-order valence-electron chi connectivity index (χ2n) is 9.40. The van der Waals surface area contributed by atoms with E-state index in [-0.39, 0.29) is 34.8 Å². The number of hydrogen-bond donors (Lipinski definition) is 4. The third-order valence-electron chi connectivity index (χ3n) is 6.23. The van der Waals surface area contributed by atoms with Crippen LogP contribution >= 0.6 is 35.1 Å². The minimum absolute atomic E-state index is 0.0521. The molecule has 1 fully saturated rings. The highest BCUT2D eigenvalue weighted by atomic mass is 32.2. The summed E-state index contributed by atoms with van der Waals surface area (Å²) in [7, 11) is 0. The summed E-state index contributed by atoms with van der Waals surface area (Å²) < 4.78 is 10.7. The van der Waals surface area contributed by atoms with Gasteiger partial charge in [-0.1, -0.05) is 30.3 Å². The lowest BCUT2D eigenvalue weighted by Crippen LogP contribution is -2.71. The van der Waals surface area contributed by atoms with E-state index in [2.05, 4.69) is 35.4 Å². The molecule has 4 rings (SSSR count). The van der Waals surface area contributed by atoms with Crippen molar-refractivity contribution in [3.05, 3.63) is 17.1 Å². The summed E-state index contributed by atoms with van der Waals surface area (Å²) in [4.78, 5) is 61.3. The predicted octanol–water partition coefficient (Wildman–Crippen LogP) is -0.561. The van der Waals surface area contributed by atoms with Crippen molar-refractivity contribution in [2.75, 3.05) is 30.4 Å². The zero-order chi connectivity index (χ0) is 31.8. The number of carboxylic acids is 1. The molecule has 1 saturated heterocycles. The molecule has 0 aliphatic carbocycles. The second-order valence-corrected chi connectivity index (χ2v) is 12.2. The zero-order valence-corrected chi connectivity index (χ0v) is 26.2. The van der Waals surface area contributed by atoms with Crippen LogP contribution in [0.1, 0.15) is 38.9 Å². The van der Waals surface area contributed by atoms with E-state index in [1.165, 1.54) is 30.4 Å². The number of carbonyl (C=O) groups is 4. The molecular weight excluding hydrogens is 639 g/mol. The van der Waals surface area contributed by atoms with Crippen molar-refractivity contribution in [1.29, 1.82) is 0 Å². The fourth-order valence-corrected chi connectivity index (χ4v) is 6.78. The van der Waals surface area contributed by atoms with Crippen LogP contribution in [0.5, 0.6) is 0 Å². The van der Waals surface area contributed by atoms with Crippen LogP contribution < -0.4 is 16.8 Å². The second kappa shape index (κ2) is 15.3. The van der Waals surface area contributed by atoms with Crippen LogP contribution in [0.3, 0.4) is 0 Å². The van der Waals surface area contributed by atoms with E-state index < -0.39 is 47.0 Å². The molecule has 2 aromatic rings. The molecule has 44 heavy (non-hydrogen) atoms. The van der Waals surface area contributed by atoms with Gasteiger partial charge in [-0.2, -0.15) is 9.36 Å². The van der Waals surface area contributed by atoms with Crippen molar-refractivity contribution in [2.45, 2.75) is 62.3 Å². The summed E-state index contributed by atoms with van der Waals surface area (Å²) >= 11 is 3.35. The van der Waals surface area contributed by atoms with Crippen LogP contribution in [0, 0.1) is 0 Å². The standard InChI is InChI=1S/C23H31N11O7S3/c1-3-4-8-40-21(39)11(2)41-29-13(16-27-22(25)44-30-16)17(35)26-14-18(36)34-15(20(37)38)12(9-42-19(14)34)10-43-23-28-31-32-33(23)7-5-6-24/h11,14,19H,3-10,24H2,1-2H3,(H,26,35)(H,37,38)(H2,25,27,30)/t11?,14?,19-/m1/s1. The number of aromatic nitrogens is 6. The molecule has 0 spiro atoms. The number of aryl methyl sites for hydroxylation is 1. The minimum Gasteiger partial charge on any atom is -0.477 e. The maximum Gasteiger partial charge on any atom is 0.352 e. The molecule has 2 aromatic heterocycles. The number of nitrogens with zero attached hydrogens (tertiary/aromatic N) is 8. The average Bonchev–Trinajstić information content (AvgIpc) is 3.65. The fourth-order valence-electron chi connectivity index (χ4n) is 3.96. The quantitative estimate of drug-likeness (QED) is 0.0436. The molecule has 0 saturated carbocycles. The molecule has 2 aliphatic rings. The maximum absolute atomic E-state index is 13.3. The van der Waals surface area contributed by atoms with E-state index >= 15 is 0 Å². The lowest BCUT2D eigenvalue weighted by Gasteiger charge is -2.49. The highest BCUT2D eigenvalue weighted by Crippen LogP contribution is 2.41. The number of carboxylic acid groups (broad SMARTS) is 1. The van der Waals surface area contributed by atoms with Gasteiger partial charge in [-0.15, -0.1) is 16.9 Å². The number of nitrogen functional groups attached to an aromatic ring is 1. The van der Waals surface area contributed by atoms with Crippen LogP contribution in [-0.2, 0) is 35.3 Å². The molecule has 4 heterocycles. The van der Waals surface area contributed by atoms with Crippen molar-refractivity contribution in [3.63, 3.8) is 0 Å². The first kappa shape index (κ1) is 33.1. The number of rotatable bonds is 16. The summed E-state index contributed by atoms with van der Waals surface area (Å²) in [6.07, 6.45) is 1.03. The van der Waals surface area contributed by atoms with Crippen molar-refractivity contribution in [3.8, 4) is 0 Å². The Morgan fingerprint density at radius 3 is 2.80 bits per heavy atom. The number of nitrogens with two attached hydrogens (primary N) is 2. The third kappa shape index (κ3) is 7.63. The number of ether oxygens (including phenoxy) is 1. The molecule has 6 N–H and O–H groups in total. The van der Waals surface area contributed by atoms with E-state index in [0.717, 1.165) is 22.9 Å². The van der Waals surface area contributed by atoms with Crippen LogP contribution in [0.25, 0.3) is 0 Å². The Hall–Kier alpha value is -3.82. The SMILES string of the molecule is CCCCOC(=O)C(C)ON=C(C(=O)NC1C(=O)N2C(C(=O)O)=C(CSc3nnnn3CCCN)CS[C@H]12)c1nsc(N)n1.